The van der Waals surface area contributed by atoms with Crippen molar-refractivity contribution < 1.29 is 9.90 Å². The van der Waals surface area contributed by atoms with Gasteiger partial charge < -0.3 is 14.6 Å². The first-order valence-corrected chi connectivity index (χ1v) is 14.4. The van der Waals surface area contributed by atoms with Crippen LogP contribution in [0.2, 0.25) is 0 Å². The maximum absolute atomic E-state index is 14.0. The third-order valence-corrected chi connectivity index (χ3v) is 8.52. The molecule has 40 heavy (non-hydrogen) atoms. The van der Waals surface area contributed by atoms with E-state index in [-0.39, 0.29) is 12.5 Å². The van der Waals surface area contributed by atoms with E-state index >= 15 is 0 Å². The summed E-state index contributed by atoms with van der Waals surface area (Å²) in [5, 5.41) is 19.1. The second-order valence-electron chi connectivity index (χ2n) is 11.1. The third-order valence-electron chi connectivity index (χ3n) is 7.95. The van der Waals surface area contributed by atoms with Gasteiger partial charge in [0, 0.05) is 37.4 Å². The van der Waals surface area contributed by atoms with E-state index in [1.807, 2.05) is 40.3 Å². The van der Waals surface area contributed by atoms with E-state index in [4.69, 9.17) is 11.6 Å². The molecule has 1 saturated heterocycles. The molecule has 3 aromatic carbocycles. The highest BCUT2D eigenvalue weighted by molar-refractivity contribution is 6.18. The summed E-state index contributed by atoms with van der Waals surface area (Å²) in [5.74, 6) is 0.262. The lowest BCUT2D eigenvalue weighted by molar-refractivity contribution is -0.148. The molecule has 1 fully saturated rings. The van der Waals surface area contributed by atoms with Gasteiger partial charge in [0.1, 0.15) is 6.04 Å². The molecule has 1 amide bonds. The monoisotopic (exact) mass is 556 g/mol. The van der Waals surface area contributed by atoms with Crippen molar-refractivity contribution in [1.82, 2.24) is 14.0 Å². The van der Waals surface area contributed by atoms with Crippen LogP contribution in [0.1, 0.15) is 34.7 Å². The number of nitrogens with one attached hydrogen (secondary N) is 1. The molecule has 2 N–H and O–H groups in total. The van der Waals surface area contributed by atoms with E-state index in [1.54, 1.807) is 4.90 Å². The zero-order valence-electron chi connectivity index (χ0n) is 23.2. The first-order chi connectivity index (χ1) is 19.3. The van der Waals surface area contributed by atoms with Crippen molar-refractivity contribution in [3.8, 4) is 0 Å². The molecule has 0 radical (unpaired) electrons. The first kappa shape index (κ1) is 27.9. The molecule has 2 heterocycles. The van der Waals surface area contributed by atoms with Gasteiger partial charge in [-0.15, -0.1) is 11.6 Å². The minimum absolute atomic E-state index is 0.0459. The maximum atomic E-state index is 14.0. The fraction of sp³-hybridized carbons (Fsp3) is 0.333. The van der Waals surface area contributed by atoms with Crippen LogP contribution in [0.4, 0.5) is 0 Å². The molecule has 4 aromatic rings. The minimum Gasteiger partial charge on any atom is -0.396 e. The zero-order valence-corrected chi connectivity index (χ0v) is 23.9. The number of aryl methyl sites for hydroxylation is 3. The number of halogens is 1. The molecule has 1 aliphatic rings. The Bertz CT molecular complexity index is 1560. The van der Waals surface area contributed by atoms with Crippen LogP contribution in [-0.2, 0) is 17.8 Å². The maximum Gasteiger partial charge on any atom is 0.246 e. The highest BCUT2D eigenvalue weighted by atomic mass is 35.5. The molecular weight excluding hydrogens is 520 g/mol. The van der Waals surface area contributed by atoms with Crippen LogP contribution >= 0.6 is 11.6 Å². The quantitative estimate of drug-likeness (QED) is 0.254. The number of aliphatic hydroxyl groups is 1. The summed E-state index contributed by atoms with van der Waals surface area (Å²) in [5.41, 5.74) is 6.25. The Balaban J connectivity index is 1.48. The fourth-order valence-electron chi connectivity index (χ4n) is 5.49. The number of rotatable bonds is 10. The van der Waals surface area contributed by atoms with Crippen molar-refractivity contribution in [3.63, 3.8) is 0 Å². The molecule has 208 valence electrons. The molecule has 1 aliphatic heterocycles. The van der Waals surface area contributed by atoms with E-state index in [1.165, 1.54) is 5.56 Å². The summed E-state index contributed by atoms with van der Waals surface area (Å²) in [4.78, 5) is 15.8. The average molecular weight is 557 g/mol. The van der Waals surface area contributed by atoms with Gasteiger partial charge in [-0.05, 0) is 43.5 Å². The Morgan fingerprint density at radius 2 is 1.62 bits per heavy atom. The van der Waals surface area contributed by atoms with E-state index in [0.717, 1.165) is 34.1 Å². The lowest BCUT2D eigenvalue weighted by Gasteiger charge is -2.49. The van der Waals surface area contributed by atoms with Gasteiger partial charge in [-0.2, -0.15) is 0 Å². The number of amides is 1. The number of nitrogens with zero attached hydrogens (tertiary/aromatic N) is 3. The Morgan fingerprint density at radius 1 is 1.00 bits per heavy atom. The van der Waals surface area contributed by atoms with Crippen molar-refractivity contribution in [2.24, 2.45) is 5.41 Å². The summed E-state index contributed by atoms with van der Waals surface area (Å²) in [6.45, 7) is 5.55. The Labute approximate surface area is 240 Å². The van der Waals surface area contributed by atoms with Crippen molar-refractivity contribution in [1.29, 1.82) is 5.41 Å². The van der Waals surface area contributed by atoms with E-state index in [0.29, 0.717) is 37.6 Å². The molecule has 0 spiro atoms. The van der Waals surface area contributed by atoms with Gasteiger partial charge in [0.25, 0.3) is 0 Å². The minimum atomic E-state index is -0.587. The smallest absolute Gasteiger partial charge is 0.246 e. The average Bonchev–Trinajstić information content (AvgIpc) is 3.22. The van der Waals surface area contributed by atoms with Crippen molar-refractivity contribution in [3.05, 3.63) is 107 Å². The number of benzene rings is 3. The number of carbonyl (C=O) groups is 1. The van der Waals surface area contributed by atoms with Crippen LogP contribution in [0, 0.1) is 24.7 Å². The SMILES string of the molecule is Cc1ccc(/C=C/CCn2c(=N)n(C(Cc3ccc(C)cc3)C(=O)N3CC(CO)(CCl)C3)c3ccccc32)cc1. The van der Waals surface area contributed by atoms with Crippen molar-refractivity contribution in [2.75, 3.05) is 25.6 Å². The molecule has 0 aliphatic carbocycles. The molecule has 0 saturated carbocycles. The van der Waals surface area contributed by atoms with Crippen LogP contribution in [0.25, 0.3) is 17.1 Å². The zero-order chi connectivity index (χ0) is 28.3. The number of alkyl halides is 1. The van der Waals surface area contributed by atoms with Gasteiger partial charge >= 0.3 is 0 Å². The predicted octanol–water partition coefficient (Wildman–Crippen LogP) is 5.49. The Morgan fingerprint density at radius 3 is 2.25 bits per heavy atom. The molecule has 1 unspecified atom stereocenters. The summed E-state index contributed by atoms with van der Waals surface area (Å²) >= 11 is 6.14. The second-order valence-corrected chi connectivity index (χ2v) is 11.4. The van der Waals surface area contributed by atoms with Crippen LogP contribution in [0.5, 0.6) is 0 Å². The second kappa shape index (κ2) is 11.9. The third kappa shape index (κ3) is 5.65. The normalized spacial score (nSPS) is 15.4. The number of allylic oxidation sites excluding steroid dienone is 1. The molecule has 6 nitrogen and oxygen atoms in total. The van der Waals surface area contributed by atoms with Crippen molar-refractivity contribution in [2.45, 2.75) is 39.3 Å². The number of hydrogen-bond donors (Lipinski definition) is 2. The lowest BCUT2D eigenvalue weighted by atomic mass is 9.82. The molecule has 0 bridgehead atoms. The molecule has 5 rings (SSSR count). The topological polar surface area (TPSA) is 74.2 Å². The fourth-order valence-corrected chi connectivity index (χ4v) is 5.74. The van der Waals surface area contributed by atoms with Gasteiger partial charge in [0.05, 0.1) is 17.6 Å². The van der Waals surface area contributed by atoms with Crippen LogP contribution in [-0.4, -0.2) is 50.6 Å². The number of aromatic nitrogens is 2. The number of fused-ring (bicyclic) bond motifs is 1. The summed E-state index contributed by atoms with van der Waals surface area (Å²) in [6, 6.07) is 24.0. The summed E-state index contributed by atoms with van der Waals surface area (Å²) in [7, 11) is 0. The molecule has 1 aromatic heterocycles. The number of imidazole rings is 1. The molecular formula is C33H37ClN4O2. The van der Waals surface area contributed by atoms with Gasteiger partial charge in [-0.25, -0.2) is 0 Å². The van der Waals surface area contributed by atoms with Crippen LogP contribution in [0.3, 0.4) is 0 Å². The highest BCUT2D eigenvalue weighted by Crippen LogP contribution is 2.34. The lowest BCUT2D eigenvalue weighted by Crippen LogP contribution is -2.62. The Hall–Kier alpha value is -3.61. The number of likely N-dealkylation sites (tertiary alicyclic amines) is 1. The van der Waals surface area contributed by atoms with E-state index < -0.39 is 11.5 Å². The number of aliphatic hydroxyl groups excluding tert-OH is 1. The number of para-hydroxylation sites is 2. The molecule has 7 heteroatoms. The largest absolute Gasteiger partial charge is 0.396 e. The van der Waals surface area contributed by atoms with Gasteiger partial charge in [-0.1, -0.05) is 83.9 Å². The highest BCUT2D eigenvalue weighted by Gasteiger charge is 2.46. The number of carbonyl (C=O) groups excluding carboxylic acids is 1. The Kier molecular flexibility index (Phi) is 8.29. The van der Waals surface area contributed by atoms with Gasteiger partial charge in [0.2, 0.25) is 11.5 Å². The van der Waals surface area contributed by atoms with Gasteiger partial charge in [-0.3, -0.25) is 14.8 Å². The van der Waals surface area contributed by atoms with Crippen molar-refractivity contribution >= 4 is 34.6 Å². The van der Waals surface area contributed by atoms with Crippen LogP contribution < -0.4 is 5.62 Å². The predicted molar refractivity (Wildman–Crippen MR) is 161 cm³/mol. The summed E-state index contributed by atoms with van der Waals surface area (Å²) in [6.07, 6.45) is 5.48. The van der Waals surface area contributed by atoms with Crippen LogP contribution in [0.15, 0.2) is 78.9 Å². The first-order valence-electron chi connectivity index (χ1n) is 13.8. The standard InChI is InChI=1S/C33H37ClN4O2/c1-24-10-14-26(15-11-24)7-5-6-18-37-28-8-3-4-9-29(28)38(32(37)35)30(19-27-16-12-25(2)13-17-27)31(40)36-21-33(20-34,22-36)23-39/h3-5,7-17,30,35,39H,6,18-23H2,1-2H3/b7-5+,35-32?. The van der Waals surface area contributed by atoms with E-state index in [2.05, 4.69) is 67.6 Å². The molecule has 1 atom stereocenters. The summed E-state index contributed by atoms with van der Waals surface area (Å²) < 4.78 is 3.89. The van der Waals surface area contributed by atoms with E-state index in [9.17, 15) is 15.3 Å². The van der Waals surface area contributed by atoms with Gasteiger partial charge in [0.15, 0.2) is 0 Å². The number of hydrogen-bond acceptors (Lipinski definition) is 3.